The van der Waals surface area contributed by atoms with Gasteiger partial charge >= 0.3 is 0 Å². The van der Waals surface area contributed by atoms with E-state index in [0.29, 0.717) is 0 Å². The number of fused-ring (bicyclic) bond motifs is 1. The van der Waals surface area contributed by atoms with Gasteiger partial charge in [-0.05, 0) is 37.1 Å². The summed E-state index contributed by atoms with van der Waals surface area (Å²) in [4.78, 5) is 3.27. The minimum absolute atomic E-state index is 0.993. The van der Waals surface area contributed by atoms with Gasteiger partial charge in [0.15, 0.2) is 0 Å². The highest BCUT2D eigenvalue weighted by Gasteiger charge is 2.01. The molecule has 72 valence electrons. The second-order valence-corrected chi connectivity index (χ2v) is 4.19. The smallest absolute Gasteiger partial charge is 0.0457 e. The van der Waals surface area contributed by atoms with E-state index >= 15 is 0 Å². The third kappa shape index (κ3) is 1.75. The molecule has 0 aliphatic carbocycles. The predicted molar refractivity (Wildman–Crippen MR) is 64.5 cm³/mol. The lowest BCUT2D eigenvalue weighted by molar-refractivity contribution is 1.28. The van der Waals surface area contributed by atoms with Gasteiger partial charge < -0.3 is 4.98 Å². The average Bonchev–Trinajstić information content (AvgIpc) is 2.57. The quantitative estimate of drug-likeness (QED) is 0.774. The second kappa shape index (κ2) is 4.01. The van der Waals surface area contributed by atoms with Crippen LogP contribution in [0.25, 0.3) is 10.9 Å². The zero-order chi connectivity index (χ0) is 9.97. The first-order valence-electron chi connectivity index (χ1n) is 4.68. The molecule has 2 aromatic rings. The van der Waals surface area contributed by atoms with Crippen LogP contribution in [0.5, 0.6) is 0 Å². The van der Waals surface area contributed by atoms with E-state index in [4.69, 9.17) is 0 Å². The van der Waals surface area contributed by atoms with Crippen LogP contribution in [0.4, 0.5) is 0 Å². The van der Waals surface area contributed by atoms with Gasteiger partial charge in [-0.25, -0.2) is 0 Å². The van der Waals surface area contributed by atoms with Crippen LogP contribution in [0, 0.1) is 0 Å². The third-order valence-electron chi connectivity index (χ3n) is 2.30. The fraction of sp³-hybridized carbons (Fsp3) is 0.167. The molecule has 1 N–H and O–H groups in total. The summed E-state index contributed by atoms with van der Waals surface area (Å²) >= 11 is 3.49. The summed E-state index contributed by atoms with van der Waals surface area (Å²) in [5, 5.41) is 1.30. The predicted octanol–water partition coefficient (Wildman–Crippen LogP) is 4.05. The lowest BCUT2D eigenvalue weighted by Crippen LogP contribution is -1.76. The van der Waals surface area contributed by atoms with Gasteiger partial charge in [0, 0.05) is 21.6 Å². The number of aromatic nitrogens is 1. The first-order valence-corrected chi connectivity index (χ1v) is 5.47. The number of halogens is 1. The molecule has 1 aromatic heterocycles. The highest BCUT2D eigenvalue weighted by Crippen LogP contribution is 2.23. The number of hydrogen-bond acceptors (Lipinski definition) is 0. The number of nitrogens with one attached hydrogen (secondary N) is 1. The van der Waals surface area contributed by atoms with Crippen LogP contribution in [0.2, 0.25) is 0 Å². The Morgan fingerprint density at radius 3 is 3.07 bits per heavy atom. The molecule has 0 saturated heterocycles. The minimum Gasteiger partial charge on any atom is -0.361 e. The molecular formula is C12H12BrN. The Hall–Kier alpha value is -1.02. The molecule has 0 spiro atoms. The largest absolute Gasteiger partial charge is 0.361 e. The van der Waals surface area contributed by atoms with Crippen molar-refractivity contribution in [2.45, 2.75) is 13.3 Å². The van der Waals surface area contributed by atoms with Crippen LogP contribution in [-0.2, 0) is 6.42 Å². The van der Waals surface area contributed by atoms with Gasteiger partial charge in [-0.15, -0.1) is 0 Å². The Kier molecular flexibility index (Phi) is 2.73. The van der Waals surface area contributed by atoms with E-state index in [1.165, 1.54) is 16.5 Å². The molecule has 1 heterocycles. The first-order chi connectivity index (χ1) is 6.81. The van der Waals surface area contributed by atoms with Crippen LogP contribution < -0.4 is 0 Å². The van der Waals surface area contributed by atoms with Crippen molar-refractivity contribution < 1.29 is 0 Å². The van der Waals surface area contributed by atoms with Crippen molar-refractivity contribution in [2.75, 3.05) is 0 Å². The summed E-state index contributed by atoms with van der Waals surface area (Å²) in [5.41, 5.74) is 2.55. The average molecular weight is 250 g/mol. The molecule has 0 saturated carbocycles. The van der Waals surface area contributed by atoms with Gasteiger partial charge in [0.2, 0.25) is 0 Å². The zero-order valence-corrected chi connectivity index (χ0v) is 9.64. The number of hydrogen-bond donors (Lipinski definition) is 1. The zero-order valence-electron chi connectivity index (χ0n) is 8.05. The van der Waals surface area contributed by atoms with Crippen molar-refractivity contribution in [1.82, 2.24) is 4.98 Å². The molecule has 2 rings (SSSR count). The van der Waals surface area contributed by atoms with Crippen LogP contribution in [-0.4, -0.2) is 4.98 Å². The van der Waals surface area contributed by atoms with E-state index in [9.17, 15) is 0 Å². The number of rotatable bonds is 2. The molecule has 14 heavy (non-hydrogen) atoms. The normalized spacial score (nSPS) is 11.6. The van der Waals surface area contributed by atoms with Crippen molar-refractivity contribution in [1.29, 1.82) is 0 Å². The summed E-state index contributed by atoms with van der Waals surface area (Å²) in [7, 11) is 0. The fourth-order valence-corrected chi connectivity index (χ4v) is 1.93. The molecule has 0 aliphatic heterocycles. The van der Waals surface area contributed by atoms with Crippen molar-refractivity contribution in [3.63, 3.8) is 0 Å². The summed E-state index contributed by atoms with van der Waals surface area (Å²) in [6, 6.07) is 6.31. The summed E-state index contributed by atoms with van der Waals surface area (Å²) in [5.74, 6) is 0. The van der Waals surface area contributed by atoms with E-state index in [2.05, 4.69) is 57.5 Å². The number of H-pyrrole nitrogens is 1. The summed E-state index contributed by atoms with van der Waals surface area (Å²) in [6.45, 7) is 2.05. The van der Waals surface area contributed by atoms with Crippen LogP contribution in [0.3, 0.4) is 0 Å². The molecule has 1 aromatic carbocycles. The number of aromatic amines is 1. The van der Waals surface area contributed by atoms with Gasteiger partial charge in [0.1, 0.15) is 0 Å². The molecule has 0 bridgehead atoms. The first kappa shape index (κ1) is 9.53. The highest BCUT2D eigenvalue weighted by atomic mass is 79.9. The lowest BCUT2D eigenvalue weighted by Gasteiger charge is -1.95. The van der Waals surface area contributed by atoms with E-state index in [0.717, 1.165) is 10.9 Å². The maximum atomic E-state index is 3.49. The van der Waals surface area contributed by atoms with E-state index < -0.39 is 0 Å². The van der Waals surface area contributed by atoms with E-state index in [-0.39, 0.29) is 0 Å². The summed E-state index contributed by atoms with van der Waals surface area (Å²) in [6.07, 6.45) is 7.32. The highest BCUT2D eigenvalue weighted by molar-refractivity contribution is 9.10. The Bertz CT molecular complexity index is 468. The molecule has 0 atom stereocenters. The van der Waals surface area contributed by atoms with Gasteiger partial charge in [-0.1, -0.05) is 28.1 Å². The molecule has 0 aliphatic rings. The Balaban J connectivity index is 2.49. The van der Waals surface area contributed by atoms with E-state index in [1.807, 2.05) is 6.92 Å². The Morgan fingerprint density at radius 2 is 2.29 bits per heavy atom. The van der Waals surface area contributed by atoms with Crippen molar-refractivity contribution in [3.05, 3.63) is 46.6 Å². The standard InChI is InChI=1S/C12H12BrN/c1-2-3-4-9-8-14-12-6-5-10(13)7-11(9)12/h2-3,5-8,14H,4H2,1H3. The summed E-state index contributed by atoms with van der Waals surface area (Å²) < 4.78 is 1.13. The van der Waals surface area contributed by atoms with Crippen LogP contribution >= 0.6 is 15.9 Å². The molecule has 2 heteroatoms. The van der Waals surface area contributed by atoms with E-state index in [1.54, 1.807) is 0 Å². The van der Waals surface area contributed by atoms with Crippen molar-refractivity contribution >= 4 is 26.8 Å². The third-order valence-corrected chi connectivity index (χ3v) is 2.80. The molecule has 0 amide bonds. The molecule has 0 fully saturated rings. The molecular weight excluding hydrogens is 238 g/mol. The van der Waals surface area contributed by atoms with Gasteiger partial charge in [-0.3, -0.25) is 0 Å². The Labute approximate surface area is 92.0 Å². The van der Waals surface area contributed by atoms with Crippen molar-refractivity contribution in [2.24, 2.45) is 0 Å². The minimum atomic E-state index is 0.993. The maximum absolute atomic E-state index is 3.49. The molecule has 0 radical (unpaired) electrons. The van der Waals surface area contributed by atoms with Gasteiger partial charge in [0.05, 0.1) is 0 Å². The number of benzene rings is 1. The molecule has 1 nitrogen and oxygen atoms in total. The SMILES string of the molecule is CC=CCc1c[nH]c2ccc(Br)cc12. The van der Waals surface area contributed by atoms with Gasteiger partial charge in [-0.2, -0.15) is 0 Å². The van der Waals surface area contributed by atoms with Crippen molar-refractivity contribution in [3.8, 4) is 0 Å². The Morgan fingerprint density at radius 1 is 1.43 bits per heavy atom. The lowest BCUT2D eigenvalue weighted by atomic mass is 10.1. The molecule has 0 unspecified atom stereocenters. The monoisotopic (exact) mass is 249 g/mol. The fourth-order valence-electron chi connectivity index (χ4n) is 1.56. The number of allylic oxidation sites excluding steroid dienone is 2. The van der Waals surface area contributed by atoms with Crippen LogP contribution in [0.1, 0.15) is 12.5 Å². The van der Waals surface area contributed by atoms with Gasteiger partial charge in [0.25, 0.3) is 0 Å². The van der Waals surface area contributed by atoms with Crippen LogP contribution in [0.15, 0.2) is 41.0 Å². The maximum Gasteiger partial charge on any atom is 0.0457 e. The topological polar surface area (TPSA) is 15.8 Å². The second-order valence-electron chi connectivity index (χ2n) is 3.28.